The van der Waals surface area contributed by atoms with Gasteiger partial charge in [-0.15, -0.1) is 0 Å². The summed E-state index contributed by atoms with van der Waals surface area (Å²) in [6, 6.07) is 3.67. The summed E-state index contributed by atoms with van der Waals surface area (Å²) in [7, 11) is 0. The molecule has 0 saturated heterocycles. The number of hydrogen-bond acceptors (Lipinski definition) is 4. The van der Waals surface area contributed by atoms with E-state index in [1.807, 2.05) is 19.1 Å². The Labute approximate surface area is 77.4 Å². The van der Waals surface area contributed by atoms with Crippen LogP contribution in [-0.2, 0) is 6.54 Å². The molecule has 1 rings (SSSR count). The lowest BCUT2D eigenvalue weighted by molar-refractivity contribution is 0.199. The van der Waals surface area contributed by atoms with Crippen LogP contribution in [-0.4, -0.2) is 23.3 Å². The van der Waals surface area contributed by atoms with Gasteiger partial charge in [-0.2, -0.15) is 0 Å². The number of nitrogens with zero attached hydrogens (tertiary/aromatic N) is 1. The molecule has 0 aliphatic heterocycles. The van der Waals surface area contributed by atoms with Gasteiger partial charge in [0.05, 0.1) is 12.3 Å². The Morgan fingerprint density at radius 1 is 1.54 bits per heavy atom. The quantitative estimate of drug-likeness (QED) is 0.699. The summed E-state index contributed by atoms with van der Waals surface area (Å²) in [5.41, 5.74) is 7.13. The standard InChI is InChI=1S/C9H14N2O2/c1-7-2-3-9(13-5-4-12)8(6-10)11-7/h2-3,12H,4-6,10H2,1H3. The molecule has 0 atom stereocenters. The highest BCUT2D eigenvalue weighted by molar-refractivity contribution is 5.28. The zero-order chi connectivity index (χ0) is 9.68. The molecule has 0 bridgehead atoms. The van der Waals surface area contributed by atoms with Crippen molar-refractivity contribution < 1.29 is 9.84 Å². The van der Waals surface area contributed by atoms with Crippen LogP contribution in [0.2, 0.25) is 0 Å². The average molecular weight is 182 g/mol. The summed E-state index contributed by atoms with van der Waals surface area (Å²) in [6.45, 7) is 2.52. The maximum atomic E-state index is 8.57. The van der Waals surface area contributed by atoms with Crippen molar-refractivity contribution in [1.29, 1.82) is 0 Å². The number of nitrogens with two attached hydrogens (primary N) is 1. The molecule has 4 nitrogen and oxygen atoms in total. The number of aliphatic hydroxyl groups is 1. The van der Waals surface area contributed by atoms with Gasteiger partial charge >= 0.3 is 0 Å². The maximum Gasteiger partial charge on any atom is 0.142 e. The Bertz CT molecular complexity index is 276. The molecule has 0 aliphatic rings. The van der Waals surface area contributed by atoms with Crippen LogP contribution in [0.4, 0.5) is 0 Å². The van der Waals surface area contributed by atoms with E-state index in [9.17, 15) is 0 Å². The Hall–Kier alpha value is -1.13. The summed E-state index contributed by atoms with van der Waals surface area (Å²) < 4.78 is 5.24. The molecule has 0 amide bonds. The molecule has 0 spiro atoms. The van der Waals surface area contributed by atoms with Crippen LogP contribution in [0.5, 0.6) is 5.75 Å². The summed E-state index contributed by atoms with van der Waals surface area (Å²) in [6.07, 6.45) is 0. The number of aromatic nitrogens is 1. The van der Waals surface area contributed by atoms with E-state index in [2.05, 4.69) is 4.98 Å². The number of pyridine rings is 1. The lowest BCUT2D eigenvalue weighted by Gasteiger charge is -2.08. The Balaban J connectivity index is 2.79. The number of aliphatic hydroxyl groups excluding tert-OH is 1. The van der Waals surface area contributed by atoms with Crippen molar-refractivity contribution in [3.63, 3.8) is 0 Å². The highest BCUT2D eigenvalue weighted by Gasteiger charge is 2.02. The fourth-order valence-corrected chi connectivity index (χ4v) is 1.03. The first-order valence-electron chi connectivity index (χ1n) is 4.18. The second-order valence-corrected chi connectivity index (χ2v) is 2.67. The third kappa shape index (κ3) is 2.68. The van der Waals surface area contributed by atoms with E-state index in [0.717, 1.165) is 11.4 Å². The van der Waals surface area contributed by atoms with E-state index < -0.39 is 0 Å². The molecule has 0 aliphatic carbocycles. The zero-order valence-corrected chi connectivity index (χ0v) is 7.66. The third-order valence-corrected chi connectivity index (χ3v) is 1.61. The first kappa shape index (κ1) is 9.95. The van der Waals surface area contributed by atoms with Crippen LogP contribution in [0.25, 0.3) is 0 Å². The minimum Gasteiger partial charge on any atom is -0.489 e. The van der Waals surface area contributed by atoms with E-state index >= 15 is 0 Å². The molecule has 4 heteroatoms. The van der Waals surface area contributed by atoms with Crippen LogP contribution in [0.15, 0.2) is 12.1 Å². The Kier molecular flexibility index (Phi) is 3.67. The minimum absolute atomic E-state index is 0.00210. The highest BCUT2D eigenvalue weighted by atomic mass is 16.5. The van der Waals surface area contributed by atoms with Crippen LogP contribution < -0.4 is 10.5 Å². The minimum atomic E-state index is -0.00210. The summed E-state index contributed by atoms with van der Waals surface area (Å²) >= 11 is 0. The van der Waals surface area contributed by atoms with Gasteiger partial charge < -0.3 is 15.6 Å². The summed E-state index contributed by atoms with van der Waals surface area (Å²) in [5.74, 6) is 0.655. The van der Waals surface area contributed by atoms with Crippen molar-refractivity contribution in [2.24, 2.45) is 5.73 Å². The van der Waals surface area contributed by atoms with Crippen molar-refractivity contribution in [2.75, 3.05) is 13.2 Å². The molecule has 0 radical (unpaired) electrons. The fourth-order valence-electron chi connectivity index (χ4n) is 1.03. The molecule has 0 fully saturated rings. The average Bonchev–Trinajstić information content (AvgIpc) is 2.16. The van der Waals surface area contributed by atoms with Crippen molar-refractivity contribution in [2.45, 2.75) is 13.5 Å². The molecule has 1 aromatic heterocycles. The van der Waals surface area contributed by atoms with Gasteiger partial charge in [0.15, 0.2) is 0 Å². The fraction of sp³-hybridized carbons (Fsp3) is 0.444. The van der Waals surface area contributed by atoms with Crippen LogP contribution >= 0.6 is 0 Å². The molecular weight excluding hydrogens is 168 g/mol. The summed E-state index contributed by atoms with van der Waals surface area (Å²) in [4.78, 5) is 4.21. The summed E-state index contributed by atoms with van der Waals surface area (Å²) in [5, 5.41) is 8.57. The van der Waals surface area contributed by atoms with Gasteiger partial charge in [0.2, 0.25) is 0 Å². The first-order chi connectivity index (χ1) is 6.27. The molecule has 0 unspecified atom stereocenters. The van der Waals surface area contributed by atoms with Gasteiger partial charge in [0.1, 0.15) is 12.4 Å². The van der Waals surface area contributed by atoms with Crippen LogP contribution in [0, 0.1) is 6.92 Å². The van der Waals surface area contributed by atoms with Gasteiger partial charge in [0.25, 0.3) is 0 Å². The smallest absolute Gasteiger partial charge is 0.142 e. The Morgan fingerprint density at radius 2 is 2.31 bits per heavy atom. The van der Waals surface area contributed by atoms with E-state index in [0.29, 0.717) is 12.3 Å². The van der Waals surface area contributed by atoms with E-state index in [1.165, 1.54) is 0 Å². The van der Waals surface area contributed by atoms with Crippen molar-refractivity contribution in [1.82, 2.24) is 4.98 Å². The maximum absolute atomic E-state index is 8.57. The predicted molar refractivity (Wildman–Crippen MR) is 49.4 cm³/mol. The Morgan fingerprint density at radius 3 is 2.92 bits per heavy atom. The number of hydrogen-bond donors (Lipinski definition) is 2. The molecule has 72 valence electrons. The highest BCUT2D eigenvalue weighted by Crippen LogP contribution is 2.15. The van der Waals surface area contributed by atoms with Gasteiger partial charge in [-0.25, -0.2) is 0 Å². The molecule has 13 heavy (non-hydrogen) atoms. The zero-order valence-electron chi connectivity index (χ0n) is 7.66. The number of aryl methyl sites for hydroxylation is 1. The van der Waals surface area contributed by atoms with Gasteiger partial charge in [0, 0.05) is 12.2 Å². The first-order valence-corrected chi connectivity index (χ1v) is 4.18. The second-order valence-electron chi connectivity index (χ2n) is 2.67. The van der Waals surface area contributed by atoms with Gasteiger partial charge in [-0.05, 0) is 19.1 Å². The van der Waals surface area contributed by atoms with Crippen molar-refractivity contribution in [3.8, 4) is 5.75 Å². The third-order valence-electron chi connectivity index (χ3n) is 1.61. The second kappa shape index (κ2) is 4.79. The lowest BCUT2D eigenvalue weighted by Crippen LogP contribution is -2.08. The molecule has 1 heterocycles. The van der Waals surface area contributed by atoms with Crippen molar-refractivity contribution in [3.05, 3.63) is 23.5 Å². The van der Waals surface area contributed by atoms with Crippen LogP contribution in [0.1, 0.15) is 11.4 Å². The topological polar surface area (TPSA) is 68.4 Å². The van der Waals surface area contributed by atoms with Gasteiger partial charge in [-0.1, -0.05) is 0 Å². The van der Waals surface area contributed by atoms with Crippen molar-refractivity contribution >= 4 is 0 Å². The van der Waals surface area contributed by atoms with E-state index in [4.69, 9.17) is 15.6 Å². The molecular formula is C9H14N2O2. The molecule has 3 N–H and O–H groups in total. The lowest BCUT2D eigenvalue weighted by atomic mass is 10.3. The largest absolute Gasteiger partial charge is 0.489 e. The monoisotopic (exact) mass is 182 g/mol. The molecule has 0 aromatic carbocycles. The van der Waals surface area contributed by atoms with E-state index in [-0.39, 0.29) is 13.2 Å². The molecule has 1 aromatic rings. The number of ether oxygens (including phenoxy) is 1. The van der Waals surface area contributed by atoms with E-state index in [1.54, 1.807) is 0 Å². The predicted octanol–water partition coefficient (Wildman–Crippen LogP) is 0.220. The normalized spacial score (nSPS) is 10.1. The SMILES string of the molecule is Cc1ccc(OCCO)c(CN)n1. The molecule has 0 saturated carbocycles. The number of rotatable bonds is 4. The van der Waals surface area contributed by atoms with Crippen LogP contribution in [0.3, 0.4) is 0 Å². The van der Waals surface area contributed by atoms with Gasteiger partial charge in [-0.3, -0.25) is 4.98 Å².